The molecule has 8 nitrogen and oxygen atoms in total. The maximum absolute atomic E-state index is 13.2. The molecule has 0 saturated heterocycles. The van der Waals surface area contributed by atoms with Crippen molar-refractivity contribution in [2.75, 3.05) is 6.61 Å². The number of aromatic nitrogens is 5. The van der Waals surface area contributed by atoms with Crippen molar-refractivity contribution in [3.8, 4) is 29.3 Å². The lowest BCUT2D eigenvalue weighted by Crippen LogP contribution is -2.25. The van der Waals surface area contributed by atoms with E-state index in [4.69, 9.17) is 9.26 Å². The number of imidazole rings is 1. The van der Waals surface area contributed by atoms with E-state index in [1.54, 1.807) is 19.1 Å². The van der Waals surface area contributed by atoms with E-state index in [1.807, 2.05) is 0 Å². The predicted octanol–water partition coefficient (Wildman–Crippen LogP) is 3.30. The van der Waals surface area contributed by atoms with E-state index in [2.05, 4.69) is 31.9 Å². The van der Waals surface area contributed by atoms with Gasteiger partial charge in [0.2, 0.25) is 5.76 Å². The van der Waals surface area contributed by atoms with Crippen LogP contribution in [0.15, 0.2) is 39.6 Å². The first kappa shape index (κ1) is 20.2. The number of benzene rings is 1. The first-order chi connectivity index (χ1) is 15.0. The normalized spacial score (nSPS) is 11.0. The molecule has 0 fully saturated rings. The second-order valence-electron chi connectivity index (χ2n) is 6.23. The monoisotopic (exact) mass is 429 g/mol. The van der Waals surface area contributed by atoms with Gasteiger partial charge >= 0.3 is 0 Å². The molecule has 1 N–H and O–H groups in total. The van der Waals surface area contributed by atoms with Crippen LogP contribution in [0.5, 0.6) is 5.88 Å². The molecule has 11 heteroatoms. The Hall–Kier alpha value is -4.07. The number of aromatic amines is 1. The Morgan fingerprint density at radius 2 is 2.13 bits per heavy atom. The number of rotatable bonds is 5. The summed E-state index contributed by atoms with van der Waals surface area (Å²) in [6.45, 7) is 1.56. The third kappa shape index (κ3) is 4.13. The highest BCUT2D eigenvalue weighted by Gasteiger charge is 2.21. The topological polar surface area (TPSA) is 98.8 Å². The molecule has 1 aromatic carbocycles. The minimum atomic E-state index is -2.92. The molecule has 0 amide bonds. The van der Waals surface area contributed by atoms with E-state index in [1.165, 1.54) is 18.2 Å². The summed E-state index contributed by atoms with van der Waals surface area (Å²) in [5.74, 6) is 4.71. The Morgan fingerprint density at radius 3 is 2.87 bits per heavy atom. The molecular formula is C20H14F3N5O3. The number of hydrogen-bond acceptors (Lipinski definition) is 6. The molecular weight excluding hydrogens is 415 g/mol. The molecule has 4 aromatic rings. The molecule has 0 aliphatic carbocycles. The second-order valence-corrected chi connectivity index (χ2v) is 6.23. The molecule has 0 unspecified atom stereocenters. The van der Waals surface area contributed by atoms with E-state index in [9.17, 15) is 18.0 Å². The molecule has 31 heavy (non-hydrogen) atoms. The third-order valence-corrected chi connectivity index (χ3v) is 4.22. The van der Waals surface area contributed by atoms with E-state index in [0.29, 0.717) is 5.56 Å². The predicted molar refractivity (Wildman–Crippen MR) is 103 cm³/mol. The van der Waals surface area contributed by atoms with Crippen molar-refractivity contribution in [3.63, 3.8) is 0 Å². The van der Waals surface area contributed by atoms with Crippen LogP contribution in [-0.4, -0.2) is 31.3 Å². The molecule has 0 aliphatic rings. The molecule has 3 aromatic heterocycles. The molecule has 0 aliphatic heterocycles. The van der Waals surface area contributed by atoms with Gasteiger partial charge in [0.25, 0.3) is 17.9 Å². The minimum absolute atomic E-state index is 0.0268. The first-order valence-corrected chi connectivity index (χ1v) is 9.09. The lowest BCUT2D eigenvalue weighted by Gasteiger charge is -2.07. The zero-order valence-corrected chi connectivity index (χ0v) is 16.0. The van der Waals surface area contributed by atoms with Gasteiger partial charge in [-0.05, 0) is 30.3 Å². The smallest absolute Gasteiger partial charge is 0.295 e. The average Bonchev–Trinajstić information content (AvgIpc) is 3.38. The number of nitrogens with zero attached hydrogens (tertiary/aromatic N) is 4. The molecule has 0 saturated carbocycles. The number of hydrogen-bond donors (Lipinski definition) is 1. The summed E-state index contributed by atoms with van der Waals surface area (Å²) in [6.07, 6.45) is -2.92. The minimum Gasteiger partial charge on any atom is -0.462 e. The van der Waals surface area contributed by atoms with Gasteiger partial charge < -0.3 is 14.2 Å². The lowest BCUT2D eigenvalue weighted by molar-refractivity contribution is 0.134. The van der Waals surface area contributed by atoms with Crippen LogP contribution < -0.4 is 10.3 Å². The molecule has 3 heterocycles. The highest BCUT2D eigenvalue weighted by atomic mass is 19.3. The molecule has 0 bridgehead atoms. The second kappa shape index (κ2) is 8.35. The molecule has 0 radical (unpaired) electrons. The quantitative estimate of drug-likeness (QED) is 0.489. The Labute approximate surface area is 172 Å². The fourth-order valence-corrected chi connectivity index (χ4v) is 2.84. The maximum atomic E-state index is 13.2. The third-order valence-electron chi connectivity index (χ3n) is 4.22. The number of halogens is 3. The summed E-state index contributed by atoms with van der Waals surface area (Å²) in [4.78, 5) is 23.0. The van der Waals surface area contributed by atoms with Crippen molar-refractivity contribution in [3.05, 3.63) is 57.9 Å². The zero-order chi connectivity index (χ0) is 22.0. The van der Waals surface area contributed by atoms with E-state index < -0.39 is 17.8 Å². The number of fused-ring (bicyclic) bond motifs is 1. The van der Waals surface area contributed by atoms with Crippen LogP contribution in [0, 0.1) is 17.7 Å². The SMILES string of the molecule is CCn1c(C(F)F)nc2nc(-c3cc(OCC#Cc4cccc(F)c4)no3)[nH]c2c1=O. The van der Waals surface area contributed by atoms with E-state index in [-0.39, 0.29) is 47.6 Å². The highest BCUT2D eigenvalue weighted by Crippen LogP contribution is 2.23. The van der Waals surface area contributed by atoms with Crippen LogP contribution in [0.25, 0.3) is 22.7 Å². The summed E-state index contributed by atoms with van der Waals surface area (Å²) in [7, 11) is 0. The molecule has 158 valence electrons. The number of nitrogens with one attached hydrogen (secondary N) is 1. The van der Waals surface area contributed by atoms with Gasteiger partial charge in [0.15, 0.2) is 29.4 Å². The number of alkyl halides is 2. The average molecular weight is 429 g/mol. The van der Waals surface area contributed by atoms with Crippen molar-refractivity contribution >= 4 is 11.2 Å². The summed E-state index contributed by atoms with van der Waals surface area (Å²) in [5, 5.41) is 3.71. The van der Waals surface area contributed by atoms with Gasteiger partial charge in [0.1, 0.15) is 5.82 Å². The summed E-state index contributed by atoms with van der Waals surface area (Å²) < 4.78 is 50.9. The first-order valence-electron chi connectivity index (χ1n) is 9.09. The Kier molecular flexibility index (Phi) is 5.44. The Morgan fingerprint density at radius 1 is 1.29 bits per heavy atom. The Balaban J connectivity index is 1.54. The van der Waals surface area contributed by atoms with Crippen molar-refractivity contribution in [1.29, 1.82) is 0 Å². The van der Waals surface area contributed by atoms with Gasteiger partial charge in [-0.1, -0.05) is 17.9 Å². The Bertz CT molecular complexity index is 1360. The van der Waals surface area contributed by atoms with Gasteiger partial charge in [0, 0.05) is 12.1 Å². The van der Waals surface area contributed by atoms with Crippen LogP contribution in [0.2, 0.25) is 0 Å². The summed E-state index contributed by atoms with van der Waals surface area (Å²) >= 11 is 0. The fourth-order valence-electron chi connectivity index (χ4n) is 2.84. The largest absolute Gasteiger partial charge is 0.462 e. The van der Waals surface area contributed by atoms with Gasteiger partial charge in [-0.15, -0.1) is 0 Å². The van der Waals surface area contributed by atoms with Gasteiger partial charge in [-0.2, -0.15) is 0 Å². The van der Waals surface area contributed by atoms with Crippen LogP contribution in [0.1, 0.15) is 24.7 Å². The zero-order valence-electron chi connectivity index (χ0n) is 16.0. The van der Waals surface area contributed by atoms with Crippen LogP contribution >= 0.6 is 0 Å². The van der Waals surface area contributed by atoms with Crippen molar-refractivity contribution in [1.82, 2.24) is 24.7 Å². The van der Waals surface area contributed by atoms with Crippen molar-refractivity contribution in [2.45, 2.75) is 19.9 Å². The summed E-state index contributed by atoms with van der Waals surface area (Å²) in [5.41, 5.74) is -0.341. The van der Waals surface area contributed by atoms with Crippen molar-refractivity contribution < 1.29 is 22.4 Å². The lowest BCUT2D eigenvalue weighted by atomic mass is 10.2. The molecule has 4 rings (SSSR count). The van der Waals surface area contributed by atoms with Gasteiger partial charge in [0.05, 0.1) is 6.07 Å². The number of ether oxygens (including phenoxy) is 1. The van der Waals surface area contributed by atoms with Crippen LogP contribution in [-0.2, 0) is 6.54 Å². The highest BCUT2D eigenvalue weighted by molar-refractivity contribution is 5.74. The van der Waals surface area contributed by atoms with Crippen LogP contribution in [0.4, 0.5) is 13.2 Å². The fraction of sp³-hybridized carbons (Fsp3) is 0.200. The standard InChI is InChI=1S/C20H14F3N5O3/c1-2-28-19(16(22)23)26-18-15(20(28)29)24-17(25-18)13-10-14(27-31-13)30-8-4-6-11-5-3-7-12(21)9-11/h3,5,7,9-10,16H,2,8H2,1H3,(H,24,25). The molecule has 0 atom stereocenters. The van der Waals surface area contributed by atoms with Crippen LogP contribution in [0.3, 0.4) is 0 Å². The van der Waals surface area contributed by atoms with E-state index >= 15 is 0 Å². The number of H-pyrrole nitrogens is 1. The summed E-state index contributed by atoms with van der Waals surface area (Å²) in [6, 6.07) is 7.21. The van der Waals surface area contributed by atoms with Gasteiger partial charge in [-0.25, -0.2) is 23.1 Å². The van der Waals surface area contributed by atoms with E-state index in [0.717, 1.165) is 4.57 Å². The molecule has 0 spiro atoms. The van der Waals surface area contributed by atoms with Gasteiger partial charge in [-0.3, -0.25) is 9.36 Å². The maximum Gasteiger partial charge on any atom is 0.295 e. The van der Waals surface area contributed by atoms with Crippen molar-refractivity contribution in [2.24, 2.45) is 0 Å².